The zero-order valence-electron chi connectivity index (χ0n) is 22.4. The van der Waals surface area contributed by atoms with Gasteiger partial charge in [-0.05, 0) is 42.8 Å². The Kier molecular flexibility index (Phi) is 8.11. The number of fused-ring (bicyclic) bond motifs is 1. The minimum atomic E-state index is -0.681. The molecular formula is C28H31BrN4O5S. The van der Waals surface area contributed by atoms with Crippen LogP contribution in [0.3, 0.4) is 0 Å². The van der Waals surface area contributed by atoms with Crippen LogP contribution in [0.4, 0.5) is 5.88 Å². The predicted molar refractivity (Wildman–Crippen MR) is 154 cm³/mol. The van der Waals surface area contributed by atoms with E-state index in [9.17, 15) is 9.59 Å². The molecule has 9 nitrogen and oxygen atoms in total. The second kappa shape index (κ2) is 11.5. The van der Waals surface area contributed by atoms with E-state index in [-0.39, 0.29) is 11.5 Å². The van der Waals surface area contributed by atoms with Gasteiger partial charge in [0.05, 0.1) is 40.6 Å². The van der Waals surface area contributed by atoms with Crippen LogP contribution in [-0.4, -0.2) is 61.9 Å². The monoisotopic (exact) mass is 614 g/mol. The molecule has 2 aliphatic heterocycles. The molecule has 0 N–H and O–H groups in total. The van der Waals surface area contributed by atoms with Gasteiger partial charge < -0.3 is 23.7 Å². The largest absolute Gasteiger partial charge is 0.496 e. The average molecular weight is 616 g/mol. The molecule has 5 rings (SSSR count). The van der Waals surface area contributed by atoms with Crippen molar-refractivity contribution in [1.82, 2.24) is 9.47 Å². The molecular weight excluding hydrogens is 584 g/mol. The fourth-order valence-electron chi connectivity index (χ4n) is 5.02. The molecule has 1 saturated heterocycles. The number of thiazole rings is 1. The van der Waals surface area contributed by atoms with Crippen LogP contribution in [0, 0.1) is 0 Å². The molecule has 0 bridgehead atoms. The lowest BCUT2D eigenvalue weighted by atomic mass is 9.94. The van der Waals surface area contributed by atoms with Crippen molar-refractivity contribution in [2.75, 3.05) is 51.4 Å². The summed E-state index contributed by atoms with van der Waals surface area (Å²) in [6, 6.07) is 8.67. The van der Waals surface area contributed by atoms with Crippen molar-refractivity contribution in [2.24, 2.45) is 4.99 Å². The molecule has 2 aliphatic rings. The molecule has 0 spiro atoms. The lowest BCUT2D eigenvalue weighted by Gasteiger charge is -2.29. The number of para-hydroxylation sites is 1. The van der Waals surface area contributed by atoms with E-state index in [1.807, 2.05) is 51.1 Å². The van der Waals surface area contributed by atoms with Crippen LogP contribution < -0.4 is 24.5 Å². The third-order valence-electron chi connectivity index (χ3n) is 7.00. The minimum Gasteiger partial charge on any atom is -0.496 e. The Morgan fingerprint density at radius 2 is 1.97 bits per heavy atom. The fourth-order valence-corrected chi connectivity index (χ4v) is 6.61. The lowest BCUT2D eigenvalue weighted by molar-refractivity contribution is -0.127. The molecule has 3 aromatic rings. The number of furan rings is 1. The maximum atomic E-state index is 14.0. The molecule has 0 radical (unpaired) electrons. The summed E-state index contributed by atoms with van der Waals surface area (Å²) in [6.45, 7) is 9.55. The van der Waals surface area contributed by atoms with Gasteiger partial charge in [-0.2, -0.15) is 0 Å². The number of rotatable bonds is 7. The molecule has 0 saturated carbocycles. The van der Waals surface area contributed by atoms with E-state index in [1.165, 1.54) is 11.3 Å². The standard InChI is InChI=1S/C28H31BrN4O5S/c1-5-31(6-2)26(35)23-17(3)30-28-33(24(23)19-9-7-8-10-21(19)36-4)25(34)22(39-28)16-18-15-20(29)27(38-18)32-11-13-37-14-12-32/h7-10,15-16,24H,5-6,11-14H2,1-4H3/b22-16+/t24-/m0/s1. The third kappa shape index (κ3) is 5.10. The number of halogens is 1. The molecule has 11 heteroatoms. The molecule has 1 aromatic carbocycles. The Balaban J connectivity index is 1.66. The summed E-state index contributed by atoms with van der Waals surface area (Å²) in [4.78, 5) is 36.9. The Morgan fingerprint density at radius 1 is 1.26 bits per heavy atom. The Bertz CT molecular complexity index is 1590. The van der Waals surface area contributed by atoms with Crippen LogP contribution in [0.15, 0.2) is 60.3 Å². The van der Waals surface area contributed by atoms with Crippen molar-refractivity contribution in [1.29, 1.82) is 0 Å². The number of aromatic nitrogens is 1. The number of morpholine rings is 1. The first-order valence-corrected chi connectivity index (χ1v) is 14.6. The second-order valence-corrected chi connectivity index (χ2v) is 11.1. The maximum Gasteiger partial charge on any atom is 0.271 e. The number of hydrogen-bond acceptors (Lipinski definition) is 8. The highest BCUT2D eigenvalue weighted by molar-refractivity contribution is 9.10. The maximum absolute atomic E-state index is 14.0. The van der Waals surface area contributed by atoms with E-state index in [0.717, 1.165) is 23.1 Å². The van der Waals surface area contributed by atoms with E-state index < -0.39 is 6.04 Å². The molecule has 206 valence electrons. The SMILES string of the molecule is CCN(CC)C(=O)C1=C(C)N=c2s/c(=C/c3cc(Br)c(N4CCOCC4)o3)c(=O)n2[C@H]1c1ccccc1OC. The number of ether oxygens (including phenoxy) is 2. The van der Waals surface area contributed by atoms with Crippen molar-refractivity contribution >= 4 is 45.1 Å². The van der Waals surface area contributed by atoms with Crippen molar-refractivity contribution in [3.05, 3.63) is 77.1 Å². The zero-order chi connectivity index (χ0) is 27.7. The highest BCUT2D eigenvalue weighted by atomic mass is 79.9. The predicted octanol–water partition coefficient (Wildman–Crippen LogP) is 3.30. The summed E-state index contributed by atoms with van der Waals surface area (Å²) < 4.78 is 20.2. The zero-order valence-corrected chi connectivity index (χ0v) is 24.8. The van der Waals surface area contributed by atoms with Crippen LogP contribution in [0.1, 0.15) is 38.1 Å². The molecule has 1 atom stereocenters. The number of hydrogen-bond donors (Lipinski definition) is 0. The van der Waals surface area contributed by atoms with Gasteiger partial charge in [-0.15, -0.1) is 0 Å². The van der Waals surface area contributed by atoms with Crippen LogP contribution in [-0.2, 0) is 9.53 Å². The van der Waals surface area contributed by atoms with Gasteiger partial charge in [0.1, 0.15) is 17.6 Å². The number of carbonyl (C=O) groups excluding carboxylic acids is 1. The van der Waals surface area contributed by atoms with Crippen molar-refractivity contribution in [3.8, 4) is 5.75 Å². The van der Waals surface area contributed by atoms with E-state index >= 15 is 0 Å². The van der Waals surface area contributed by atoms with E-state index in [2.05, 4.69) is 20.8 Å². The van der Waals surface area contributed by atoms with Crippen molar-refractivity contribution in [2.45, 2.75) is 26.8 Å². The highest BCUT2D eigenvalue weighted by Crippen LogP contribution is 2.36. The summed E-state index contributed by atoms with van der Waals surface area (Å²) in [5.41, 5.74) is 1.55. The fraction of sp³-hybridized carbons (Fsp3) is 0.393. The van der Waals surface area contributed by atoms with Crippen LogP contribution in [0.2, 0.25) is 0 Å². The quantitative estimate of drug-likeness (QED) is 0.406. The van der Waals surface area contributed by atoms with E-state index in [1.54, 1.807) is 22.7 Å². The number of likely N-dealkylation sites (N-methyl/N-ethyl adjacent to an activating group) is 1. The van der Waals surface area contributed by atoms with Crippen LogP contribution in [0.25, 0.3) is 6.08 Å². The van der Waals surface area contributed by atoms with Crippen molar-refractivity contribution in [3.63, 3.8) is 0 Å². The molecule has 39 heavy (non-hydrogen) atoms. The summed E-state index contributed by atoms with van der Waals surface area (Å²) in [5.74, 6) is 1.73. The van der Waals surface area contributed by atoms with Gasteiger partial charge in [-0.25, -0.2) is 4.99 Å². The number of methoxy groups -OCH3 is 1. The number of nitrogens with zero attached hydrogens (tertiary/aromatic N) is 4. The molecule has 2 aromatic heterocycles. The summed E-state index contributed by atoms with van der Waals surface area (Å²) in [5, 5.41) is 0. The lowest BCUT2D eigenvalue weighted by Crippen LogP contribution is -2.43. The summed E-state index contributed by atoms with van der Waals surface area (Å²) in [7, 11) is 1.59. The molecule has 1 amide bonds. The summed E-state index contributed by atoms with van der Waals surface area (Å²) >= 11 is 4.88. The van der Waals surface area contributed by atoms with E-state index in [0.29, 0.717) is 64.3 Å². The average Bonchev–Trinajstić information content (AvgIpc) is 3.47. The van der Waals surface area contributed by atoms with Gasteiger partial charge in [0.2, 0.25) is 5.88 Å². The van der Waals surface area contributed by atoms with Crippen LogP contribution in [0.5, 0.6) is 5.75 Å². The topological polar surface area (TPSA) is 89.5 Å². The first kappa shape index (κ1) is 27.4. The number of anilines is 1. The van der Waals surface area contributed by atoms with Gasteiger partial charge in [0.25, 0.3) is 11.5 Å². The minimum absolute atomic E-state index is 0.142. The Labute approximate surface area is 238 Å². The second-order valence-electron chi connectivity index (χ2n) is 9.20. The number of benzene rings is 1. The van der Waals surface area contributed by atoms with Gasteiger partial charge >= 0.3 is 0 Å². The third-order valence-corrected chi connectivity index (χ3v) is 8.55. The van der Waals surface area contributed by atoms with Gasteiger partial charge in [-0.1, -0.05) is 29.5 Å². The molecule has 0 unspecified atom stereocenters. The number of carbonyl (C=O) groups is 1. The smallest absolute Gasteiger partial charge is 0.271 e. The van der Waals surface area contributed by atoms with Gasteiger partial charge in [0.15, 0.2) is 4.80 Å². The number of amides is 1. The van der Waals surface area contributed by atoms with Crippen molar-refractivity contribution < 1.29 is 18.7 Å². The van der Waals surface area contributed by atoms with Gasteiger partial charge in [0, 0.05) is 43.9 Å². The summed E-state index contributed by atoms with van der Waals surface area (Å²) in [6.07, 6.45) is 1.74. The highest BCUT2D eigenvalue weighted by Gasteiger charge is 2.35. The molecule has 0 aliphatic carbocycles. The first-order chi connectivity index (χ1) is 18.9. The van der Waals surface area contributed by atoms with Gasteiger partial charge in [-0.3, -0.25) is 14.2 Å². The Hall–Kier alpha value is -3.15. The molecule has 1 fully saturated rings. The first-order valence-electron chi connectivity index (χ1n) is 12.9. The molecule has 4 heterocycles. The normalized spacial score (nSPS) is 17.7. The number of allylic oxidation sites excluding steroid dienone is 1. The van der Waals surface area contributed by atoms with Crippen LogP contribution >= 0.6 is 27.3 Å². The Morgan fingerprint density at radius 3 is 2.67 bits per heavy atom. The van der Waals surface area contributed by atoms with E-state index in [4.69, 9.17) is 18.9 Å².